The maximum Gasteiger partial charge on any atom is 0.247 e. The lowest BCUT2D eigenvalue weighted by atomic mass is 10.2. The summed E-state index contributed by atoms with van der Waals surface area (Å²) < 4.78 is 10.9. The van der Waals surface area contributed by atoms with E-state index in [-0.39, 0.29) is 12.3 Å². The average molecular weight is 404 g/mol. The molecule has 0 unspecified atom stereocenters. The van der Waals surface area contributed by atoms with Crippen LogP contribution < -0.4 is 10.2 Å². The molecular formula is C17H18ClN7O3. The van der Waals surface area contributed by atoms with Crippen molar-refractivity contribution >= 4 is 29.4 Å². The highest BCUT2D eigenvalue weighted by atomic mass is 35.5. The number of nitrogens with one attached hydrogen (secondary N) is 2. The van der Waals surface area contributed by atoms with Gasteiger partial charge in [0.25, 0.3) is 0 Å². The summed E-state index contributed by atoms with van der Waals surface area (Å²) in [4.78, 5) is 18.4. The van der Waals surface area contributed by atoms with Crippen LogP contribution in [0.25, 0.3) is 11.5 Å². The zero-order valence-electron chi connectivity index (χ0n) is 14.9. The van der Waals surface area contributed by atoms with Crippen molar-refractivity contribution in [3.63, 3.8) is 0 Å². The molecule has 1 saturated heterocycles. The molecule has 0 radical (unpaired) electrons. The fraction of sp³-hybridized carbons (Fsp3) is 0.353. The lowest BCUT2D eigenvalue weighted by Crippen LogP contribution is -2.36. The number of nitrogens with zero attached hydrogens (tertiary/aromatic N) is 5. The molecule has 0 saturated carbocycles. The van der Waals surface area contributed by atoms with Crippen molar-refractivity contribution in [2.24, 2.45) is 0 Å². The first-order valence-electron chi connectivity index (χ1n) is 8.80. The first-order valence-corrected chi connectivity index (χ1v) is 9.18. The van der Waals surface area contributed by atoms with Crippen LogP contribution in [0.2, 0.25) is 5.02 Å². The number of anilines is 2. The van der Waals surface area contributed by atoms with Gasteiger partial charge in [-0.25, -0.2) is 5.10 Å². The van der Waals surface area contributed by atoms with Gasteiger partial charge >= 0.3 is 0 Å². The third kappa shape index (κ3) is 4.46. The van der Waals surface area contributed by atoms with Gasteiger partial charge in [-0.05, 0) is 24.3 Å². The van der Waals surface area contributed by atoms with Crippen molar-refractivity contribution in [2.75, 3.05) is 36.5 Å². The molecule has 0 bridgehead atoms. The quantitative estimate of drug-likeness (QED) is 0.640. The van der Waals surface area contributed by atoms with E-state index in [0.29, 0.717) is 48.3 Å². The van der Waals surface area contributed by atoms with Crippen LogP contribution >= 0.6 is 11.6 Å². The average Bonchev–Trinajstić information content (AvgIpc) is 3.37. The molecule has 0 aliphatic carbocycles. The molecule has 1 fully saturated rings. The summed E-state index contributed by atoms with van der Waals surface area (Å²) in [5.74, 6) is 1.39. The molecule has 2 N–H and O–H groups in total. The Labute approximate surface area is 165 Å². The second kappa shape index (κ2) is 8.36. The fourth-order valence-corrected chi connectivity index (χ4v) is 2.82. The largest absolute Gasteiger partial charge is 0.421 e. The topological polar surface area (TPSA) is 122 Å². The van der Waals surface area contributed by atoms with E-state index in [4.69, 9.17) is 20.8 Å². The maximum absolute atomic E-state index is 12.1. The minimum Gasteiger partial charge on any atom is -0.421 e. The first-order chi connectivity index (χ1) is 13.7. The highest BCUT2D eigenvalue weighted by Gasteiger charge is 2.17. The maximum atomic E-state index is 12.1. The van der Waals surface area contributed by atoms with Crippen LogP contribution in [0.15, 0.2) is 28.7 Å². The molecule has 0 spiro atoms. The predicted molar refractivity (Wildman–Crippen MR) is 101 cm³/mol. The van der Waals surface area contributed by atoms with Gasteiger partial charge in [0.1, 0.15) is 0 Å². The second-order valence-corrected chi connectivity index (χ2v) is 6.58. The fourth-order valence-electron chi connectivity index (χ4n) is 2.69. The Bertz CT molecular complexity index is 934. The minimum atomic E-state index is -0.226. The molecule has 2 aromatic heterocycles. The number of benzene rings is 1. The lowest BCUT2D eigenvalue weighted by Gasteiger charge is -2.25. The van der Waals surface area contributed by atoms with Crippen LogP contribution in [0.1, 0.15) is 12.3 Å². The third-order valence-corrected chi connectivity index (χ3v) is 4.40. The summed E-state index contributed by atoms with van der Waals surface area (Å²) in [6, 6.07) is 7.08. The molecule has 4 rings (SSSR count). The van der Waals surface area contributed by atoms with E-state index in [1.165, 1.54) is 0 Å². The second-order valence-electron chi connectivity index (χ2n) is 6.14. The van der Waals surface area contributed by atoms with Gasteiger partial charge in [0.2, 0.25) is 29.6 Å². The molecule has 146 valence electrons. The van der Waals surface area contributed by atoms with Gasteiger partial charge in [0, 0.05) is 36.5 Å². The number of ether oxygens (including phenoxy) is 1. The summed E-state index contributed by atoms with van der Waals surface area (Å²) in [7, 11) is 0. The molecule has 3 aromatic rings. The number of H-pyrrole nitrogens is 1. The Balaban J connectivity index is 1.29. The number of aromatic amines is 1. The monoisotopic (exact) mass is 403 g/mol. The van der Waals surface area contributed by atoms with E-state index in [9.17, 15) is 4.79 Å². The van der Waals surface area contributed by atoms with Crippen LogP contribution in [0.4, 0.5) is 11.9 Å². The van der Waals surface area contributed by atoms with Crippen LogP contribution in [-0.4, -0.2) is 57.6 Å². The standard InChI is InChI=1S/C17H18ClN7O3/c18-12-3-1-11(2-4-12)15-22-21-14(28-15)6-5-13(26)19-16-20-17(24-23-16)25-7-9-27-10-8-25/h1-4H,5-10H2,(H2,19,20,23,24,26). The summed E-state index contributed by atoms with van der Waals surface area (Å²) in [6.07, 6.45) is 0.493. The van der Waals surface area contributed by atoms with Crippen molar-refractivity contribution in [1.82, 2.24) is 25.4 Å². The molecule has 1 amide bonds. The smallest absolute Gasteiger partial charge is 0.247 e. The SMILES string of the molecule is O=C(CCc1nnc(-c2ccc(Cl)cc2)o1)Nc1nc(N2CCOCC2)n[nH]1. The van der Waals surface area contributed by atoms with Crippen LogP contribution in [0.5, 0.6) is 0 Å². The highest BCUT2D eigenvalue weighted by molar-refractivity contribution is 6.30. The molecule has 1 aromatic carbocycles. The number of aryl methyl sites for hydroxylation is 1. The number of carbonyl (C=O) groups excluding carboxylic acids is 1. The Kier molecular flexibility index (Phi) is 5.49. The summed E-state index contributed by atoms with van der Waals surface area (Å²) in [6.45, 7) is 2.72. The Morgan fingerprint density at radius 3 is 2.79 bits per heavy atom. The van der Waals surface area contributed by atoms with E-state index < -0.39 is 0 Å². The van der Waals surface area contributed by atoms with E-state index >= 15 is 0 Å². The molecule has 1 aliphatic heterocycles. The highest BCUT2D eigenvalue weighted by Crippen LogP contribution is 2.20. The van der Waals surface area contributed by atoms with Crippen LogP contribution in [0.3, 0.4) is 0 Å². The van der Waals surface area contributed by atoms with E-state index in [1.807, 2.05) is 4.90 Å². The molecule has 0 atom stereocenters. The van der Waals surface area contributed by atoms with Gasteiger partial charge in [-0.2, -0.15) is 4.98 Å². The van der Waals surface area contributed by atoms with Gasteiger partial charge in [-0.3, -0.25) is 10.1 Å². The lowest BCUT2D eigenvalue weighted by molar-refractivity contribution is -0.116. The Hall–Kier alpha value is -2.98. The number of morpholine rings is 1. The first kappa shape index (κ1) is 18.4. The number of hydrogen-bond donors (Lipinski definition) is 2. The van der Waals surface area contributed by atoms with Crippen molar-refractivity contribution in [3.8, 4) is 11.5 Å². The Morgan fingerprint density at radius 2 is 2.00 bits per heavy atom. The number of carbonyl (C=O) groups is 1. The van der Waals surface area contributed by atoms with Gasteiger partial charge in [-0.15, -0.1) is 15.3 Å². The molecule has 1 aliphatic rings. The zero-order chi connectivity index (χ0) is 19.3. The van der Waals surface area contributed by atoms with E-state index in [2.05, 4.69) is 30.7 Å². The van der Waals surface area contributed by atoms with Gasteiger partial charge in [0.05, 0.1) is 13.2 Å². The number of aromatic nitrogens is 5. The van der Waals surface area contributed by atoms with Crippen molar-refractivity contribution in [2.45, 2.75) is 12.8 Å². The van der Waals surface area contributed by atoms with Crippen LogP contribution in [0, 0.1) is 0 Å². The summed E-state index contributed by atoms with van der Waals surface area (Å²) >= 11 is 5.87. The van der Waals surface area contributed by atoms with Gasteiger partial charge < -0.3 is 14.1 Å². The van der Waals surface area contributed by atoms with Crippen molar-refractivity contribution in [1.29, 1.82) is 0 Å². The van der Waals surface area contributed by atoms with Crippen LogP contribution in [-0.2, 0) is 16.0 Å². The molecule has 11 heteroatoms. The zero-order valence-corrected chi connectivity index (χ0v) is 15.6. The van der Waals surface area contributed by atoms with Gasteiger partial charge in [-0.1, -0.05) is 11.6 Å². The molecule has 3 heterocycles. The minimum absolute atomic E-state index is 0.176. The van der Waals surface area contributed by atoms with Gasteiger partial charge in [0.15, 0.2) is 0 Å². The molecular weight excluding hydrogens is 386 g/mol. The predicted octanol–water partition coefficient (Wildman–Crippen LogP) is 1.92. The third-order valence-electron chi connectivity index (χ3n) is 4.15. The summed E-state index contributed by atoms with van der Waals surface area (Å²) in [5, 5.41) is 18.1. The summed E-state index contributed by atoms with van der Waals surface area (Å²) in [5.41, 5.74) is 0.768. The van der Waals surface area contributed by atoms with Crippen molar-refractivity contribution < 1.29 is 13.9 Å². The Morgan fingerprint density at radius 1 is 1.21 bits per heavy atom. The number of halogens is 1. The normalized spacial score (nSPS) is 14.2. The molecule has 10 nitrogen and oxygen atoms in total. The number of amides is 1. The number of rotatable bonds is 6. The van der Waals surface area contributed by atoms with E-state index in [0.717, 1.165) is 18.7 Å². The van der Waals surface area contributed by atoms with Crippen molar-refractivity contribution in [3.05, 3.63) is 35.2 Å². The van der Waals surface area contributed by atoms with E-state index in [1.54, 1.807) is 24.3 Å². The molecule has 28 heavy (non-hydrogen) atoms. The number of hydrogen-bond acceptors (Lipinski definition) is 8.